The van der Waals surface area contributed by atoms with Gasteiger partial charge in [0.15, 0.2) is 0 Å². The molecule has 0 spiro atoms. The van der Waals surface area contributed by atoms with E-state index in [9.17, 15) is 4.79 Å². The molecule has 0 bridgehead atoms. The van der Waals surface area contributed by atoms with Gasteiger partial charge in [-0.1, -0.05) is 6.07 Å². The summed E-state index contributed by atoms with van der Waals surface area (Å²) in [5.74, 6) is -0.750. The van der Waals surface area contributed by atoms with Crippen LogP contribution in [0.25, 0.3) is 0 Å². The molecule has 0 saturated carbocycles. The van der Waals surface area contributed by atoms with Crippen molar-refractivity contribution in [1.82, 2.24) is 0 Å². The first-order valence-electron chi connectivity index (χ1n) is 5.97. The maximum Gasteiger partial charge on any atom is 0.305 e. The molecule has 0 radical (unpaired) electrons. The Balaban J connectivity index is 2.92. The molecule has 0 heterocycles. The standard InChI is InChI=1S/C14H21NO2/c1-10(2)15(6-5-14(16)17)13-8-11(3)7-12(4)9-13/h7-10H,5-6H2,1-4H3,(H,16,17). The van der Waals surface area contributed by atoms with Crippen LogP contribution in [0.4, 0.5) is 5.69 Å². The van der Waals surface area contributed by atoms with Crippen molar-refractivity contribution in [3.8, 4) is 0 Å². The number of carboxylic acid groups (broad SMARTS) is 1. The monoisotopic (exact) mass is 235 g/mol. The minimum absolute atomic E-state index is 0.172. The molecule has 17 heavy (non-hydrogen) atoms. The lowest BCUT2D eigenvalue weighted by atomic mass is 10.1. The summed E-state index contributed by atoms with van der Waals surface area (Å²) in [4.78, 5) is 12.8. The van der Waals surface area contributed by atoms with E-state index in [0.29, 0.717) is 12.6 Å². The van der Waals surface area contributed by atoms with Crippen LogP contribution >= 0.6 is 0 Å². The number of benzene rings is 1. The fourth-order valence-electron chi connectivity index (χ4n) is 2.02. The quantitative estimate of drug-likeness (QED) is 0.853. The van der Waals surface area contributed by atoms with E-state index in [1.165, 1.54) is 11.1 Å². The smallest absolute Gasteiger partial charge is 0.305 e. The van der Waals surface area contributed by atoms with E-state index >= 15 is 0 Å². The number of carbonyl (C=O) groups is 1. The van der Waals surface area contributed by atoms with Crippen LogP contribution in [0.1, 0.15) is 31.4 Å². The number of anilines is 1. The summed E-state index contributed by atoms with van der Waals surface area (Å²) in [6.45, 7) is 8.84. The van der Waals surface area contributed by atoms with Gasteiger partial charge in [0, 0.05) is 18.3 Å². The third kappa shape index (κ3) is 4.10. The zero-order valence-corrected chi connectivity index (χ0v) is 11.0. The summed E-state index contributed by atoms with van der Waals surface area (Å²) < 4.78 is 0. The lowest BCUT2D eigenvalue weighted by molar-refractivity contribution is -0.136. The van der Waals surface area contributed by atoms with Crippen LogP contribution in [0.3, 0.4) is 0 Å². The number of carboxylic acids is 1. The Morgan fingerprint density at radius 2 is 1.76 bits per heavy atom. The maximum atomic E-state index is 10.7. The molecular weight excluding hydrogens is 214 g/mol. The Morgan fingerprint density at radius 1 is 1.24 bits per heavy atom. The molecule has 1 aromatic carbocycles. The van der Waals surface area contributed by atoms with Crippen LogP contribution in [-0.2, 0) is 4.79 Å². The lowest BCUT2D eigenvalue weighted by Gasteiger charge is -2.29. The number of rotatable bonds is 5. The molecule has 0 unspecified atom stereocenters. The van der Waals surface area contributed by atoms with Crippen molar-refractivity contribution < 1.29 is 9.90 Å². The first-order chi connectivity index (χ1) is 7.90. The summed E-state index contributed by atoms with van der Waals surface area (Å²) in [6, 6.07) is 6.64. The molecule has 3 nitrogen and oxygen atoms in total. The van der Waals surface area contributed by atoms with Crippen molar-refractivity contribution >= 4 is 11.7 Å². The van der Waals surface area contributed by atoms with Crippen molar-refractivity contribution in [3.63, 3.8) is 0 Å². The zero-order chi connectivity index (χ0) is 13.0. The molecular formula is C14H21NO2. The highest BCUT2D eigenvalue weighted by atomic mass is 16.4. The molecule has 0 amide bonds. The van der Waals surface area contributed by atoms with E-state index in [1.54, 1.807) is 0 Å². The second-order valence-electron chi connectivity index (χ2n) is 4.78. The van der Waals surface area contributed by atoms with Crippen LogP contribution in [0.5, 0.6) is 0 Å². The molecule has 0 aromatic heterocycles. The van der Waals surface area contributed by atoms with Gasteiger partial charge in [-0.15, -0.1) is 0 Å². The molecule has 1 aromatic rings. The summed E-state index contributed by atoms with van der Waals surface area (Å²) in [7, 11) is 0. The van der Waals surface area contributed by atoms with Crippen LogP contribution in [0.15, 0.2) is 18.2 Å². The SMILES string of the molecule is Cc1cc(C)cc(N(CCC(=O)O)C(C)C)c1. The Labute approximate surface area is 103 Å². The predicted molar refractivity (Wildman–Crippen MR) is 70.7 cm³/mol. The number of aryl methyl sites for hydroxylation is 2. The average molecular weight is 235 g/mol. The van der Waals surface area contributed by atoms with Crippen molar-refractivity contribution in [1.29, 1.82) is 0 Å². The zero-order valence-electron chi connectivity index (χ0n) is 11.0. The topological polar surface area (TPSA) is 40.5 Å². The van der Waals surface area contributed by atoms with Crippen molar-refractivity contribution in [2.24, 2.45) is 0 Å². The summed E-state index contributed by atoms with van der Waals surface area (Å²) in [6.07, 6.45) is 0.172. The van der Waals surface area contributed by atoms with Crippen molar-refractivity contribution in [3.05, 3.63) is 29.3 Å². The molecule has 3 heteroatoms. The fourth-order valence-corrected chi connectivity index (χ4v) is 2.02. The van der Waals surface area contributed by atoms with E-state index in [4.69, 9.17) is 5.11 Å². The van der Waals surface area contributed by atoms with Gasteiger partial charge < -0.3 is 10.0 Å². The third-order valence-electron chi connectivity index (χ3n) is 2.73. The molecule has 0 atom stereocenters. The largest absolute Gasteiger partial charge is 0.481 e. The van der Waals surface area contributed by atoms with E-state index in [1.807, 2.05) is 0 Å². The fraction of sp³-hybridized carbons (Fsp3) is 0.500. The van der Waals surface area contributed by atoms with E-state index in [0.717, 1.165) is 5.69 Å². The highest BCUT2D eigenvalue weighted by Crippen LogP contribution is 2.21. The number of hydrogen-bond donors (Lipinski definition) is 1. The van der Waals surface area contributed by atoms with Gasteiger partial charge in [-0.05, 0) is 51.0 Å². The Hall–Kier alpha value is -1.51. The molecule has 0 aliphatic rings. The predicted octanol–water partition coefficient (Wildman–Crippen LogP) is 2.99. The number of nitrogens with zero attached hydrogens (tertiary/aromatic N) is 1. The second kappa shape index (κ2) is 5.71. The second-order valence-corrected chi connectivity index (χ2v) is 4.78. The molecule has 94 valence electrons. The van der Waals surface area contributed by atoms with Gasteiger partial charge in [0.25, 0.3) is 0 Å². The molecule has 1 N–H and O–H groups in total. The Morgan fingerprint density at radius 3 is 2.18 bits per heavy atom. The lowest BCUT2D eigenvalue weighted by Crippen LogP contribution is -2.32. The van der Waals surface area contributed by atoms with Crippen LogP contribution in [0.2, 0.25) is 0 Å². The number of hydrogen-bond acceptors (Lipinski definition) is 2. The van der Waals surface area contributed by atoms with Gasteiger partial charge in [0.2, 0.25) is 0 Å². The molecule has 1 rings (SSSR count). The third-order valence-corrected chi connectivity index (χ3v) is 2.73. The van der Waals surface area contributed by atoms with Gasteiger partial charge in [-0.3, -0.25) is 4.79 Å². The van der Waals surface area contributed by atoms with Gasteiger partial charge in [0.1, 0.15) is 0 Å². The van der Waals surface area contributed by atoms with Gasteiger partial charge in [-0.2, -0.15) is 0 Å². The van der Waals surface area contributed by atoms with Gasteiger partial charge in [-0.25, -0.2) is 0 Å². The van der Waals surface area contributed by atoms with Gasteiger partial charge >= 0.3 is 5.97 Å². The first-order valence-corrected chi connectivity index (χ1v) is 5.97. The normalized spacial score (nSPS) is 10.6. The average Bonchev–Trinajstić information content (AvgIpc) is 2.14. The summed E-state index contributed by atoms with van der Waals surface area (Å²) in [5, 5.41) is 8.77. The van der Waals surface area contributed by atoms with Crippen LogP contribution in [-0.4, -0.2) is 23.7 Å². The summed E-state index contributed by atoms with van der Waals surface area (Å²) >= 11 is 0. The summed E-state index contributed by atoms with van der Waals surface area (Å²) in [5.41, 5.74) is 3.53. The Bertz CT molecular complexity index is 379. The molecule has 0 fully saturated rings. The molecule has 0 aliphatic carbocycles. The highest BCUT2D eigenvalue weighted by molar-refractivity contribution is 5.67. The molecule has 0 saturated heterocycles. The minimum atomic E-state index is -0.750. The number of aliphatic carboxylic acids is 1. The van der Waals surface area contributed by atoms with Crippen LogP contribution < -0.4 is 4.90 Å². The Kier molecular flexibility index (Phi) is 4.55. The minimum Gasteiger partial charge on any atom is -0.481 e. The highest BCUT2D eigenvalue weighted by Gasteiger charge is 2.12. The van der Waals surface area contributed by atoms with Gasteiger partial charge in [0.05, 0.1) is 6.42 Å². The van der Waals surface area contributed by atoms with Crippen molar-refractivity contribution in [2.45, 2.75) is 40.2 Å². The van der Waals surface area contributed by atoms with E-state index < -0.39 is 5.97 Å². The van der Waals surface area contributed by atoms with Crippen LogP contribution in [0, 0.1) is 13.8 Å². The van der Waals surface area contributed by atoms with E-state index in [-0.39, 0.29) is 6.42 Å². The van der Waals surface area contributed by atoms with E-state index in [2.05, 4.69) is 50.8 Å². The molecule has 0 aliphatic heterocycles. The van der Waals surface area contributed by atoms with Crippen molar-refractivity contribution in [2.75, 3.05) is 11.4 Å². The maximum absolute atomic E-state index is 10.7. The first kappa shape index (κ1) is 13.6.